The third kappa shape index (κ3) is 4.52. The summed E-state index contributed by atoms with van der Waals surface area (Å²) in [6, 6.07) is 21.2. The first kappa shape index (κ1) is 24.1. The fraction of sp³-hybridized carbons (Fsp3) is 0.133. The van der Waals surface area contributed by atoms with E-state index < -0.39 is 0 Å². The number of rotatable bonds is 3. The highest BCUT2D eigenvalue weighted by Gasteiger charge is 2.33. The molecule has 184 valence electrons. The van der Waals surface area contributed by atoms with E-state index in [4.69, 9.17) is 28.2 Å². The third-order valence-electron chi connectivity index (χ3n) is 6.74. The molecule has 0 saturated heterocycles. The zero-order valence-corrected chi connectivity index (χ0v) is 22.0. The van der Waals surface area contributed by atoms with E-state index in [9.17, 15) is 9.18 Å². The van der Waals surface area contributed by atoms with Gasteiger partial charge in [0.25, 0.3) is 5.56 Å². The quantitative estimate of drug-likeness (QED) is 0.274. The van der Waals surface area contributed by atoms with Crippen LogP contribution in [0, 0.1) is 5.82 Å². The zero-order chi connectivity index (χ0) is 25.5. The first-order valence-corrected chi connectivity index (χ1v) is 13.6. The van der Waals surface area contributed by atoms with Crippen LogP contribution in [-0.2, 0) is 0 Å². The molecule has 0 radical (unpaired) electrons. The second-order valence-electron chi connectivity index (χ2n) is 9.07. The van der Waals surface area contributed by atoms with E-state index >= 15 is 0 Å². The van der Waals surface area contributed by atoms with Gasteiger partial charge in [-0.3, -0.25) is 9.36 Å². The van der Waals surface area contributed by atoms with E-state index in [0.717, 1.165) is 52.8 Å². The van der Waals surface area contributed by atoms with Crippen LogP contribution in [0.15, 0.2) is 99.4 Å². The number of hydrogen-bond donors (Lipinski definition) is 0. The van der Waals surface area contributed by atoms with Crippen LogP contribution < -0.4 is 14.9 Å². The predicted molar refractivity (Wildman–Crippen MR) is 149 cm³/mol. The summed E-state index contributed by atoms with van der Waals surface area (Å²) in [5.74, 6) is -0.317. The van der Waals surface area contributed by atoms with Gasteiger partial charge in [-0.2, -0.15) is 0 Å². The van der Waals surface area contributed by atoms with Gasteiger partial charge in [-0.15, -0.1) is 0 Å². The Morgan fingerprint density at radius 1 is 0.919 bits per heavy atom. The van der Waals surface area contributed by atoms with E-state index in [0.29, 0.717) is 19.4 Å². The van der Waals surface area contributed by atoms with Crippen LogP contribution in [-0.4, -0.2) is 4.57 Å². The molecule has 0 spiro atoms. The number of hydrogen-bond acceptors (Lipinski definition) is 3. The largest absolute Gasteiger partial charge is 0.272 e. The average Bonchev–Trinajstić information content (AvgIpc) is 3.21. The summed E-state index contributed by atoms with van der Waals surface area (Å²) in [6.45, 7) is 0. The molecule has 0 N–H and O–H groups in total. The second kappa shape index (κ2) is 9.90. The molecule has 0 fully saturated rings. The monoisotopic (exact) mass is 546 g/mol. The van der Waals surface area contributed by atoms with Crippen molar-refractivity contribution >= 4 is 46.7 Å². The third-order valence-corrected chi connectivity index (χ3v) is 8.41. The number of halogens is 3. The van der Waals surface area contributed by atoms with Crippen molar-refractivity contribution in [3.05, 3.63) is 142 Å². The number of allylic oxidation sites excluding steroid dienone is 2. The van der Waals surface area contributed by atoms with Crippen LogP contribution in [0.5, 0.6) is 0 Å². The summed E-state index contributed by atoms with van der Waals surface area (Å²) in [5.41, 5.74) is 5.53. The summed E-state index contributed by atoms with van der Waals surface area (Å²) in [7, 11) is 0. The van der Waals surface area contributed by atoms with Crippen molar-refractivity contribution in [1.82, 2.24) is 4.57 Å². The normalized spacial score (nSPS) is 18.5. The zero-order valence-electron chi connectivity index (χ0n) is 19.6. The lowest BCUT2D eigenvalue weighted by Gasteiger charge is -2.31. The molecular formula is C30H21Cl2FN2OS. The maximum absolute atomic E-state index is 13.8. The molecule has 6 rings (SSSR count). The lowest BCUT2D eigenvalue weighted by Crippen LogP contribution is -2.39. The molecule has 1 atom stereocenters. The van der Waals surface area contributed by atoms with Gasteiger partial charge in [-0.05, 0) is 83.5 Å². The topological polar surface area (TPSA) is 34.4 Å². The van der Waals surface area contributed by atoms with Crippen LogP contribution in [0.25, 0.3) is 12.2 Å². The predicted octanol–water partition coefficient (Wildman–Crippen LogP) is 6.93. The highest BCUT2D eigenvalue weighted by molar-refractivity contribution is 7.07. The Morgan fingerprint density at radius 2 is 1.65 bits per heavy atom. The molecule has 3 aromatic carbocycles. The molecule has 3 nitrogen and oxygen atoms in total. The molecule has 37 heavy (non-hydrogen) atoms. The highest BCUT2D eigenvalue weighted by atomic mass is 35.5. The van der Waals surface area contributed by atoms with Crippen molar-refractivity contribution in [2.75, 3.05) is 0 Å². The minimum atomic E-state index is -0.356. The maximum Gasteiger partial charge on any atom is 0.271 e. The molecule has 1 aliphatic carbocycles. The van der Waals surface area contributed by atoms with E-state index in [1.165, 1.54) is 23.5 Å². The Morgan fingerprint density at radius 3 is 2.41 bits per heavy atom. The van der Waals surface area contributed by atoms with Crippen molar-refractivity contribution < 1.29 is 4.39 Å². The summed E-state index contributed by atoms with van der Waals surface area (Å²) in [6.07, 6.45) is 6.52. The molecule has 1 aliphatic heterocycles. The van der Waals surface area contributed by atoms with Crippen molar-refractivity contribution in [1.29, 1.82) is 0 Å². The highest BCUT2D eigenvalue weighted by Crippen LogP contribution is 2.42. The minimum Gasteiger partial charge on any atom is -0.272 e. The van der Waals surface area contributed by atoms with Crippen LogP contribution >= 0.6 is 34.5 Å². The molecule has 4 aromatic rings. The maximum atomic E-state index is 13.8. The van der Waals surface area contributed by atoms with Crippen molar-refractivity contribution in [3.8, 4) is 0 Å². The van der Waals surface area contributed by atoms with E-state index in [1.54, 1.807) is 22.8 Å². The summed E-state index contributed by atoms with van der Waals surface area (Å²) in [4.78, 5) is 19.4. The first-order chi connectivity index (χ1) is 18.0. The Hall–Kier alpha value is -3.25. The van der Waals surface area contributed by atoms with Gasteiger partial charge in [0.05, 0.1) is 16.3 Å². The molecule has 0 bridgehead atoms. The Balaban J connectivity index is 1.60. The lowest BCUT2D eigenvalue weighted by molar-refractivity contribution is 0.553. The first-order valence-electron chi connectivity index (χ1n) is 12.0. The van der Waals surface area contributed by atoms with Crippen molar-refractivity contribution in [2.45, 2.75) is 25.3 Å². The molecular weight excluding hydrogens is 526 g/mol. The Kier molecular flexibility index (Phi) is 6.45. The van der Waals surface area contributed by atoms with Gasteiger partial charge < -0.3 is 0 Å². The van der Waals surface area contributed by atoms with Crippen molar-refractivity contribution in [2.24, 2.45) is 4.99 Å². The van der Waals surface area contributed by atoms with Crippen LogP contribution in [0.3, 0.4) is 0 Å². The molecule has 2 heterocycles. The SMILES string of the molecule is O=c1/c(=C\c2ccc(F)cc2)sc2n1C(c1ccccc1Cl)C1=C(N=2)/C(=C/c2ccccc2Cl)CCC1. The Bertz CT molecular complexity index is 1770. The fourth-order valence-corrected chi connectivity index (χ4v) is 6.45. The Labute approximate surface area is 227 Å². The van der Waals surface area contributed by atoms with Gasteiger partial charge in [-0.25, -0.2) is 9.38 Å². The molecule has 1 aromatic heterocycles. The second-order valence-corrected chi connectivity index (χ2v) is 10.9. The van der Waals surface area contributed by atoms with Gasteiger partial charge in [0, 0.05) is 10.0 Å². The van der Waals surface area contributed by atoms with Crippen molar-refractivity contribution in [3.63, 3.8) is 0 Å². The van der Waals surface area contributed by atoms with E-state index in [-0.39, 0.29) is 17.4 Å². The van der Waals surface area contributed by atoms with Gasteiger partial charge in [0.15, 0.2) is 4.80 Å². The fourth-order valence-electron chi connectivity index (χ4n) is 5.02. The molecule has 7 heteroatoms. The number of aromatic nitrogens is 1. The number of thiazole rings is 1. The van der Waals surface area contributed by atoms with Gasteiger partial charge >= 0.3 is 0 Å². The summed E-state index contributed by atoms with van der Waals surface area (Å²) in [5, 5.41) is 1.29. The number of fused-ring (bicyclic) bond motifs is 1. The van der Waals surface area contributed by atoms with E-state index in [1.807, 2.05) is 48.5 Å². The van der Waals surface area contributed by atoms with Crippen LogP contribution in [0.1, 0.15) is 42.0 Å². The lowest BCUT2D eigenvalue weighted by atomic mass is 9.84. The number of nitrogens with zero attached hydrogens (tertiary/aromatic N) is 2. The van der Waals surface area contributed by atoms with E-state index in [2.05, 4.69) is 6.08 Å². The smallest absolute Gasteiger partial charge is 0.271 e. The summed E-state index contributed by atoms with van der Waals surface area (Å²) < 4.78 is 15.7. The average molecular weight is 547 g/mol. The summed E-state index contributed by atoms with van der Waals surface area (Å²) >= 11 is 14.5. The van der Waals surface area contributed by atoms with Crippen LogP contribution in [0.2, 0.25) is 10.0 Å². The minimum absolute atomic E-state index is 0.133. The van der Waals surface area contributed by atoms with Gasteiger partial charge in [-0.1, -0.05) is 83.1 Å². The number of benzene rings is 3. The molecule has 0 saturated carbocycles. The molecule has 2 aliphatic rings. The van der Waals surface area contributed by atoms with Gasteiger partial charge in [0.1, 0.15) is 5.82 Å². The standard InChI is InChI=1S/C30H21Cl2FN2OS/c31-24-10-3-1-6-19(24)17-20-7-5-9-23-27(20)34-30-35(28(23)22-8-2-4-11-25(22)32)29(36)26(37-30)16-18-12-14-21(33)15-13-18/h1-4,6,8,10-17,28H,5,7,9H2/b20-17+,26-16+. The van der Waals surface area contributed by atoms with Gasteiger partial charge in [0.2, 0.25) is 0 Å². The molecule has 1 unspecified atom stereocenters. The van der Waals surface area contributed by atoms with Crippen LogP contribution in [0.4, 0.5) is 4.39 Å². The molecule has 0 amide bonds.